The van der Waals surface area contributed by atoms with Crippen LogP contribution in [0.25, 0.3) is 17.1 Å². The highest BCUT2D eigenvalue weighted by Gasteiger charge is 2.17. The Labute approximate surface area is 166 Å². The van der Waals surface area contributed by atoms with E-state index in [1.807, 2.05) is 22.8 Å². The van der Waals surface area contributed by atoms with Gasteiger partial charge in [-0.3, -0.25) is 9.55 Å². The number of halogens is 2. The van der Waals surface area contributed by atoms with Crippen LogP contribution in [0.1, 0.15) is 19.3 Å². The van der Waals surface area contributed by atoms with Gasteiger partial charge in [-0.25, -0.2) is 0 Å². The number of nitrogens with zero attached hydrogens (tertiary/aromatic N) is 5. The molecule has 0 saturated heterocycles. The normalized spacial score (nSPS) is 10.7. The quantitative estimate of drug-likeness (QED) is 0.388. The largest absolute Gasteiger partial charge is 0.270 e. The van der Waals surface area contributed by atoms with E-state index in [-0.39, 0.29) is 0 Å². The first-order valence-corrected chi connectivity index (χ1v) is 9.76. The molecule has 0 spiro atoms. The molecule has 8 heteroatoms. The van der Waals surface area contributed by atoms with Gasteiger partial charge in [0.05, 0.1) is 21.8 Å². The van der Waals surface area contributed by atoms with E-state index >= 15 is 0 Å². The van der Waals surface area contributed by atoms with E-state index < -0.39 is 0 Å². The number of aromatic nitrogens is 4. The number of pyridine rings is 1. The maximum Gasteiger partial charge on any atom is 0.196 e. The summed E-state index contributed by atoms with van der Waals surface area (Å²) in [6.07, 6.45) is 5.85. The van der Waals surface area contributed by atoms with Gasteiger partial charge in [-0.05, 0) is 43.2 Å². The molecule has 132 valence electrons. The van der Waals surface area contributed by atoms with Gasteiger partial charge in [-0.1, -0.05) is 35.0 Å². The summed E-state index contributed by atoms with van der Waals surface area (Å²) in [6.45, 7) is 0. The molecule has 5 nitrogen and oxygen atoms in total. The molecule has 2 aromatic heterocycles. The van der Waals surface area contributed by atoms with E-state index in [4.69, 9.17) is 28.5 Å². The van der Waals surface area contributed by atoms with Gasteiger partial charge in [0.25, 0.3) is 0 Å². The third-order valence-electron chi connectivity index (χ3n) is 3.63. The highest BCUT2D eigenvalue weighted by molar-refractivity contribution is 7.99. The van der Waals surface area contributed by atoms with E-state index in [2.05, 4.69) is 21.3 Å². The molecule has 1 aromatic carbocycles. The number of benzene rings is 1. The number of hydrogen-bond acceptors (Lipinski definition) is 5. The Morgan fingerprint density at radius 2 is 2.00 bits per heavy atom. The number of rotatable bonds is 7. The van der Waals surface area contributed by atoms with Crippen LogP contribution in [0.3, 0.4) is 0 Å². The predicted octanol–water partition coefficient (Wildman–Crippen LogP) is 5.42. The molecule has 26 heavy (non-hydrogen) atoms. The number of thioether (sulfide) groups is 1. The van der Waals surface area contributed by atoms with Gasteiger partial charge in [0.1, 0.15) is 0 Å². The van der Waals surface area contributed by atoms with Crippen molar-refractivity contribution in [3.05, 3.63) is 52.8 Å². The van der Waals surface area contributed by atoms with E-state index in [0.29, 0.717) is 22.3 Å². The lowest BCUT2D eigenvalue weighted by Gasteiger charge is -2.11. The Kier molecular flexibility index (Phi) is 6.51. The van der Waals surface area contributed by atoms with Crippen molar-refractivity contribution < 1.29 is 0 Å². The minimum atomic E-state index is 0.472. The zero-order chi connectivity index (χ0) is 18.4. The highest BCUT2D eigenvalue weighted by Crippen LogP contribution is 2.31. The summed E-state index contributed by atoms with van der Waals surface area (Å²) in [6, 6.07) is 11.4. The number of hydrogen-bond donors (Lipinski definition) is 0. The van der Waals surface area contributed by atoms with Crippen molar-refractivity contribution in [3.8, 4) is 23.1 Å². The molecule has 3 aromatic rings. The second-order valence-corrected chi connectivity index (χ2v) is 7.32. The summed E-state index contributed by atoms with van der Waals surface area (Å²) in [5.41, 5.74) is 1.70. The molecular formula is C18H15Cl2N5S. The lowest BCUT2D eigenvalue weighted by Crippen LogP contribution is -2.00. The lowest BCUT2D eigenvalue weighted by molar-refractivity contribution is 0.823. The van der Waals surface area contributed by atoms with Crippen molar-refractivity contribution >= 4 is 35.0 Å². The molecule has 0 bridgehead atoms. The smallest absolute Gasteiger partial charge is 0.196 e. The van der Waals surface area contributed by atoms with Crippen molar-refractivity contribution in [1.29, 1.82) is 5.26 Å². The van der Waals surface area contributed by atoms with Gasteiger partial charge in [0.2, 0.25) is 0 Å². The molecule has 0 saturated carbocycles. The summed E-state index contributed by atoms with van der Waals surface area (Å²) in [4.78, 5) is 4.17. The number of nitriles is 1. The first-order chi connectivity index (χ1) is 12.7. The maximum absolute atomic E-state index is 8.64. The molecule has 3 rings (SSSR count). The van der Waals surface area contributed by atoms with Gasteiger partial charge in [0, 0.05) is 30.1 Å². The van der Waals surface area contributed by atoms with Crippen LogP contribution in [0.5, 0.6) is 0 Å². The third-order valence-corrected chi connectivity index (χ3v) is 5.38. The summed E-state index contributed by atoms with van der Waals surface area (Å²) in [5, 5.41) is 19.1. The fourth-order valence-electron chi connectivity index (χ4n) is 2.37. The fourth-order valence-corrected chi connectivity index (χ4v) is 3.61. The molecule has 0 N–H and O–H groups in total. The first kappa shape index (κ1) is 18.7. The maximum atomic E-state index is 8.64. The van der Waals surface area contributed by atoms with Gasteiger partial charge in [-0.15, -0.1) is 10.2 Å². The second-order valence-electron chi connectivity index (χ2n) is 5.45. The van der Waals surface area contributed by atoms with Gasteiger partial charge in [-0.2, -0.15) is 5.26 Å². The summed E-state index contributed by atoms with van der Waals surface area (Å²) >= 11 is 13.9. The molecular weight excluding hydrogens is 389 g/mol. The third kappa shape index (κ3) is 4.36. The van der Waals surface area contributed by atoms with Gasteiger partial charge in [0.15, 0.2) is 11.0 Å². The Bertz CT molecular complexity index is 921. The van der Waals surface area contributed by atoms with Crippen molar-refractivity contribution in [2.24, 2.45) is 0 Å². The molecule has 0 unspecified atom stereocenters. The summed E-state index contributed by atoms with van der Waals surface area (Å²) < 4.78 is 1.95. The fraction of sp³-hybridized carbons (Fsp3) is 0.222. The standard InChI is InChI=1S/C18H15Cl2N5S/c19-15-7-6-14(11-16(15)20)25-17(13-5-4-9-22-12-13)23-24-18(25)26-10-3-1-2-8-21/h4-7,9,11-12H,1-3,10H2. The minimum absolute atomic E-state index is 0.472. The van der Waals surface area contributed by atoms with Crippen LogP contribution in [0, 0.1) is 11.3 Å². The molecule has 0 radical (unpaired) electrons. The molecule has 0 aliphatic rings. The number of unbranched alkanes of at least 4 members (excludes halogenated alkanes) is 2. The Morgan fingerprint density at radius 1 is 1.12 bits per heavy atom. The Balaban J connectivity index is 1.96. The topological polar surface area (TPSA) is 67.4 Å². The van der Waals surface area contributed by atoms with Crippen molar-refractivity contribution in [3.63, 3.8) is 0 Å². The SMILES string of the molecule is N#CCCCCSc1nnc(-c2cccnc2)n1-c1ccc(Cl)c(Cl)c1. The highest BCUT2D eigenvalue weighted by atomic mass is 35.5. The van der Waals surface area contributed by atoms with Crippen LogP contribution >= 0.6 is 35.0 Å². The summed E-state index contributed by atoms with van der Waals surface area (Å²) in [5.74, 6) is 1.55. The monoisotopic (exact) mass is 403 g/mol. The molecule has 0 fully saturated rings. The van der Waals surface area contributed by atoms with E-state index in [1.165, 1.54) is 0 Å². The first-order valence-electron chi connectivity index (χ1n) is 8.01. The predicted molar refractivity (Wildman–Crippen MR) is 105 cm³/mol. The van der Waals surface area contributed by atoms with Crippen LogP contribution in [-0.2, 0) is 0 Å². The van der Waals surface area contributed by atoms with Crippen LogP contribution in [0.2, 0.25) is 10.0 Å². The second kappa shape index (κ2) is 9.04. The van der Waals surface area contributed by atoms with Crippen LogP contribution < -0.4 is 0 Å². The molecule has 0 atom stereocenters. The van der Waals surface area contributed by atoms with E-state index in [1.54, 1.807) is 36.3 Å². The molecule has 2 heterocycles. The zero-order valence-corrected chi connectivity index (χ0v) is 16.1. The van der Waals surface area contributed by atoms with E-state index in [0.717, 1.165) is 35.0 Å². The minimum Gasteiger partial charge on any atom is -0.270 e. The molecule has 0 aliphatic carbocycles. The average molecular weight is 404 g/mol. The average Bonchev–Trinajstić information content (AvgIpc) is 3.08. The summed E-state index contributed by atoms with van der Waals surface area (Å²) in [7, 11) is 0. The van der Waals surface area contributed by atoms with Crippen LogP contribution in [0.15, 0.2) is 47.9 Å². The zero-order valence-electron chi connectivity index (χ0n) is 13.8. The van der Waals surface area contributed by atoms with Crippen LogP contribution in [-0.4, -0.2) is 25.5 Å². The van der Waals surface area contributed by atoms with Crippen molar-refractivity contribution in [2.45, 2.75) is 24.4 Å². The lowest BCUT2D eigenvalue weighted by atomic mass is 10.2. The van der Waals surface area contributed by atoms with Gasteiger partial charge >= 0.3 is 0 Å². The molecule has 0 aliphatic heterocycles. The van der Waals surface area contributed by atoms with Crippen molar-refractivity contribution in [2.75, 3.05) is 5.75 Å². The van der Waals surface area contributed by atoms with Gasteiger partial charge < -0.3 is 0 Å². The van der Waals surface area contributed by atoms with E-state index in [9.17, 15) is 0 Å². The Hall–Kier alpha value is -2.07. The van der Waals surface area contributed by atoms with Crippen molar-refractivity contribution in [1.82, 2.24) is 19.7 Å². The molecule has 0 amide bonds. The van der Waals surface area contributed by atoms with Crippen LogP contribution in [0.4, 0.5) is 0 Å². The Morgan fingerprint density at radius 3 is 2.73 bits per heavy atom.